The molecule has 0 bridgehead atoms. The molecule has 3 heteroatoms. The van der Waals surface area contributed by atoms with Gasteiger partial charge in [-0.25, -0.2) is 0 Å². The van der Waals surface area contributed by atoms with Crippen molar-refractivity contribution >= 4 is 0 Å². The van der Waals surface area contributed by atoms with Gasteiger partial charge in [0.15, 0.2) is 0 Å². The molecule has 1 unspecified atom stereocenters. The number of benzene rings is 1. The second-order valence-corrected chi connectivity index (χ2v) is 8.53. The van der Waals surface area contributed by atoms with Crippen LogP contribution in [0.4, 0.5) is 0 Å². The number of nitrogens with zero attached hydrogens (tertiary/aromatic N) is 2. The molecule has 2 rings (SSSR count). The first kappa shape index (κ1) is 24.9. The number of hydrogen-bond donors (Lipinski definition) is 0. The van der Waals surface area contributed by atoms with Gasteiger partial charge in [-0.05, 0) is 61.6 Å². The lowest BCUT2D eigenvalue weighted by Crippen LogP contribution is -2.04. The average molecular weight is 421 g/mol. The highest BCUT2D eigenvalue weighted by atomic mass is 16.5. The molecule has 0 amide bonds. The van der Waals surface area contributed by atoms with E-state index in [-0.39, 0.29) is 5.92 Å². The van der Waals surface area contributed by atoms with Crippen molar-refractivity contribution in [3.05, 3.63) is 48.2 Å². The largest absolute Gasteiger partial charge is 0.494 e. The first-order valence-electron chi connectivity index (χ1n) is 12.3. The minimum atomic E-state index is 0.0811. The van der Waals surface area contributed by atoms with E-state index in [2.05, 4.69) is 42.2 Å². The highest BCUT2D eigenvalue weighted by Crippen LogP contribution is 2.22. The smallest absolute Gasteiger partial charge is 0.119 e. The summed E-state index contributed by atoms with van der Waals surface area (Å²) in [7, 11) is 0. The van der Waals surface area contributed by atoms with Gasteiger partial charge in [0, 0.05) is 17.7 Å². The van der Waals surface area contributed by atoms with Gasteiger partial charge >= 0.3 is 0 Å². The molecule has 1 aromatic heterocycles. The molecule has 0 aliphatic heterocycles. The van der Waals surface area contributed by atoms with E-state index in [9.17, 15) is 0 Å². The summed E-state index contributed by atoms with van der Waals surface area (Å²) < 4.78 is 5.78. The fraction of sp³-hybridized carbons (Fsp3) is 0.571. The molecule has 0 aliphatic carbocycles. The van der Waals surface area contributed by atoms with Crippen LogP contribution in [-0.2, 0) is 6.42 Å². The van der Waals surface area contributed by atoms with Gasteiger partial charge in [0.1, 0.15) is 5.75 Å². The Balaban J connectivity index is 1.67. The Bertz CT molecular complexity index is 746. The van der Waals surface area contributed by atoms with E-state index >= 15 is 0 Å². The van der Waals surface area contributed by atoms with Crippen LogP contribution in [0.2, 0.25) is 0 Å². The average Bonchev–Trinajstić information content (AvgIpc) is 2.82. The Kier molecular flexibility index (Phi) is 12.4. The number of ether oxygens (including phenoxy) is 1. The lowest BCUT2D eigenvalue weighted by molar-refractivity contribution is 0.291. The van der Waals surface area contributed by atoms with Crippen molar-refractivity contribution in [1.82, 2.24) is 4.98 Å². The van der Waals surface area contributed by atoms with Crippen LogP contribution >= 0.6 is 0 Å². The number of aromatic nitrogens is 1. The Morgan fingerprint density at radius 2 is 1.55 bits per heavy atom. The van der Waals surface area contributed by atoms with Crippen molar-refractivity contribution in [2.75, 3.05) is 6.61 Å². The number of rotatable bonds is 16. The summed E-state index contributed by atoms with van der Waals surface area (Å²) in [4.78, 5) is 4.67. The summed E-state index contributed by atoms with van der Waals surface area (Å²) in [5, 5.41) is 9.01. The van der Waals surface area contributed by atoms with Gasteiger partial charge in [-0.3, -0.25) is 4.98 Å². The molecule has 31 heavy (non-hydrogen) atoms. The summed E-state index contributed by atoms with van der Waals surface area (Å²) in [6, 6.07) is 14.7. The monoisotopic (exact) mass is 420 g/mol. The first-order valence-corrected chi connectivity index (χ1v) is 12.3. The van der Waals surface area contributed by atoms with Gasteiger partial charge in [0.2, 0.25) is 0 Å². The molecule has 1 atom stereocenters. The van der Waals surface area contributed by atoms with Crippen molar-refractivity contribution in [2.45, 2.75) is 90.9 Å². The van der Waals surface area contributed by atoms with Crippen LogP contribution in [-0.4, -0.2) is 11.6 Å². The summed E-state index contributed by atoms with van der Waals surface area (Å²) in [6.45, 7) is 4.89. The number of unbranched alkanes of at least 4 members (excludes halogenated alkanes) is 8. The predicted octanol–water partition coefficient (Wildman–Crippen LogP) is 8.14. The maximum atomic E-state index is 9.01. The molecule has 3 nitrogen and oxygen atoms in total. The zero-order valence-corrected chi connectivity index (χ0v) is 19.6. The van der Waals surface area contributed by atoms with E-state index in [1.165, 1.54) is 63.4 Å². The van der Waals surface area contributed by atoms with Gasteiger partial charge in [-0.15, -0.1) is 0 Å². The Morgan fingerprint density at radius 3 is 2.13 bits per heavy atom. The minimum Gasteiger partial charge on any atom is -0.494 e. The second-order valence-electron chi connectivity index (χ2n) is 8.53. The highest BCUT2D eigenvalue weighted by Gasteiger charge is 2.05. The zero-order valence-electron chi connectivity index (χ0n) is 19.6. The van der Waals surface area contributed by atoms with Crippen LogP contribution in [0.1, 0.15) is 90.0 Å². The molecule has 1 aromatic carbocycles. The lowest BCUT2D eigenvalue weighted by Gasteiger charge is -2.09. The first-order chi connectivity index (χ1) is 15.3. The summed E-state index contributed by atoms with van der Waals surface area (Å²) in [5.74, 6) is 0.927. The number of hydrogen-bond acceptors (Lipinski definition) is 3. The maximum Gasteiger partial charge on any atom is 0.119 e. The van der Waals surface area contributed by atoms with E-state index in [1.54, 1.807) is 0 Å². The predicted molar refractivity (Wildman–Crippen MR) is 130 cm³/mol. The molecule has 0 spiro atoms. The quantitative estimate of drug-likeness (QED) is 0.257. The van der Waals surface area contributed by atoms with E-state index in [4.69, 9.17) is 10.00 Å². The number of nitriles is 1. The third-order valence-corrected chi connectivity index (χ3v) is 5.95. The maximum absolute atomic E-state index is 9.01. The van der Waals surface area contributed by atoms with E-state index in [1.807, 2.05) is 25.3 Å². The van der Waals surface area contributed by atoms with Crippen LogP contribution in [0.15, 0.2) is 42.6 Å². The standard InChI is InChI=1S/C28H40N2O/c1-3-5-6-7-8-9-10-11-12-13-25-14-19-28(30-23-25)26-15-17-27(18-16-26)31-21-20-24(4-2)22-29/h14-19,23-24H,3-13,20-21H2,1-2H3. The van der Waals surface area contributed by atoms with Gasteiger partial charge in [-0.2, -0.15) is 5.26 Å². The molecule has 0 saturated heterocycles. The van der Waals surface area contributed by atoms with Crippen LogP contribution in [0, 0.1) is 17.2 Å². The van der Waals surface area contributed by atoms with Crippen molar-refractivity contribution in [3.63, 3.8) is 0 Å². The molecule has 0 fully saturated rings. The molecule has 2 aromatic rings. The third kappa shape index (κ3) is 10.0. The van der Waals surface area contributed by atoms with Gasteiger partial charge < -0.3 is 4.74 Å². The molecular weight excluding hydrogens is 380 g/mol. The normalized spacial score (nSPS) is 11.8. The van der Waals surface area contributed by atoms with E-state index < -0.39 is 0 Å². The Hall–Kier alpha value is -2.34. The van der Waals surface area contributed by atoms with Crippen molar-refractivity contribution in [3.8, 4) is 23.1 Å². The Labute approximate surface area is 189 Å². The van der Waals surface area contributed by atoms with Crippen LogP contribution in [0.3, 0.4) is 0 Å². The molecule has 0 N–H and O–H groups in total. The van der Waals surface area contributed by atoms with E-state index in [0.29, 0.717) is 6.61 Å². The van der Waals surface area contributed by atoms with Crippen LogP contribution < -0.4 is 4.74 Å². The number of pyridine rings is 1. The van der Waals surface area contributed by atoms with E-state index in [0.717, 1.165) is 36.3 Å². The molecule has 1 heterocycles. The van der Waals surface area contributed by atoms with Crippen molar-refractivity contribution < 1.29 is 4.74 Å². The summed E-state index contributed by atoms with van der Waals surface area (Å²) >= 11 is 0. The van der Waals surface area contributed by atoms with Crippen molar-refractivity contribution in [2.24, 2.45) is 5.92 Å². The summed E-state index contributed by atoms with van der Waals surface area (Å²) in [6.07, 6.45) is 17.1. The molecule has 0 saturated carbocycles. The molecule has 0 aliphatic rings. The second kappa shape index (κ2) is 15.5. The van der Waals surface area contributed by atoms with Crippen LogP contribution in [0.5, 0.6) is 5.75 Å². The Morgan fingerprint density at radius 1 is 0.871 bits per heavy atom. The van der Waals surface area contributed by atoms with Crippen molar-refractivity contribution in [1.29, 1.82) is 5.26 Å². The molecule has 168 valence electrons. The molecule has 0 radical (unpaired) electrons. The lowest BCUT2D eigenvalue weighted by atomic mass is 10.0. The highest BCUT2D eigenvalue weighted by molar-refractivity contribution is 5.60. The zero-order chi connectivity index (χ0) is 22.2. The topological polar surface area (TPSA) is 45.9 Å². The SMILES string of the molecule is CCCCCCCCCCCc1ccc(-c2ccc(OCCC(C#N)CC)cc2)nc1. The van der Waals surface area contributed by atoms with Gasteiger partial charge in [0.05, 0.1) is 18.4 Å². The fourth-order valence-electron chi connectivity index (χ4n) is 3.78. The third-order valence-electron chi connectivity index (χ3n) is 5.95. The summed E-state index contributed by atoms with van der Waals surface area (Å²) in [5.41, 5.74) is 3.43. The molecular formula is C28H40N2O. The van der Waals surface area contributed by atoms with Gasteiger partial charge in [0.25, 0.3) is 0 Å². The number of aryl methyl sites for hydroxylation is 1. The fourth-order valence-corrected chi connectivity index (χ4v) is 3.78. The van der Waals surface area contributed by atoms with Gasteiger partial charge in [-0.1, -0.05) is 71.3 Å². The minimum absolute atomic E-state index is 0.0811. The van der Waals surface area contributed by atoms with Crippen LogP contribution in [0.25, 0.3) is 11.3 Å².